The number of hydrogen-bond donors (Lipinski definition) is 1. The van der Waals surface area contributed by atoms with E-state index in [9.17, 15) is 0 Å². The molecule has 1 aromatic carbocycles. The molecule has 2 aromatic rings. The van der Waals surface area contributed by atoms with Crippen molar-refractivity contribution in [2.75, 3.05) is 19.5 Å². The highest BCUT2D eigenvalue weighted by atomic mass is 79.9. The molecular weight excluding hydrogens is 362 g/mol. The van der Waals surface area contributed by atoms with E-state index in [4.69, 9.17) is 21.1 Å². The first kappa shape index (κ1) is 15.5. The van der Waals surface area contributed by atoms with E-state index >= 15 is 0 Å². The number of nitrogens with one attached hydrogen (secondary N) is 1. The van der Waals surface area contributed by atoms with E-state index in [1.165, 1.54) is 4.88 Å². The zero-order chi connectivity index (χ0) is 14.7. The number of benzene rings is 1. The van der Waals surface area contributed by atoms with Crippen LogP contribution in [0.5, 0.6) is 11.5 Å². The molecule has 1 unspecified atom stereocenters. The third kappa shape index (κ3) is 3.22. The van der Waals surface area contributed by atoms with Gasteiger partial charge in [0.25, 0.3) is 0 Å². The molecule has 0 aliphatic heterocycles. The van der Waals surface area contributed by atoms with Gasteiger partial charge in [0.1, 0.15) is 11.5 Å². The van der Waals surface area contributed by atoms with E-state index < -0.39 is 0 Å². The van der Waals surface area contributed by atoms with Crippen LogP contribution in [0.25, 0.3) is 0 Å². The summed E-state index contributed by atoms with van der Waals surface area (Å²) in [5, 5.41) is 6.01. The lowest BCUT2D eigenvalue weighted by atomic mass is 10.2. The molecule has 0 saturated heterocycles. The summed E-state index contributed by atoms with van der Waals surface area (Å²) in [5.41, 5.74) is 0.839. The fourth-order valence-electron chi connectivity index (χ4n) is 1.89. The fourth-order valence-corrected chi connectivity index (χ4v) is 3.85. The van der Waals surface area contributed by atoms with E-state index in [2.05, 4.69) is 33.6 Å². The summed E-state index contributed by atoms with van der Waals surface area (Å²) in [7, 11) is 3.21. The number of rotatable bonds is 5. The summed E-state index contributed by atoms with van der Waals surface area (Å²) < 4.78 is 11.7. The summed E-state index contributed by atoms with van der Waals surface area (Å²) >= 11 is 11.4. The van der Waals surface area contributed by atoms with Gasteiger partial charge < -0.3 is 14.8 Å². The van der Waals surface area contributed by atoms with Gasteiger partial charge in [-0.3, -0.25) is 0 Å². The molecule has 0 radical (unpaired) electrons. The van der Waals surface area contributed by atoms with Gasteiger partial charge in [-0.15, -0.1) is 11.3 Å². The van der Waals surface area contributed by atoms with E-state index in [0.29, 0.717) is 16.5 Å². The Morgan fingerprint density at radius 2 is 1.95 bits per heavy atom. The van der Waals surface area contributed by atoms with Crippen LogP contribution in [-0.4, -0.2) is 14.2 Å². The van der Waals surface area contributed by atoms with Crippen LogP contribution >= 0.6 is 38.9 Å². The molecule has 0 bridgehead atoms. The van der Waals surface area contributed by atoms with E-state index in [1.807, 2.05) is 12.1 Å². The van der Waals surface area contributed by atoms with Gasteiger partial charge in [-0.05, 0) is 40.4 Å². The zero-order valence-corrected chi connectivity index (χ0v) is 14.5. The summed E-state index contributed by atoms with van der Waals surface area (Å²) in [6.45, 7) is 2.09. The Hall–Kier alpha value is -0.910. The molecule has 0 amide bonds. The highest BCUT2D eigenvalue weighted by molar-refractivity contribution is 9.10. The Labute approximate surface area is 136 Å². The lowest BCUT2D eigenvalue weighted by Crippen LogP contribution is -2.07. The van der Waals surface area contributed by atoms with Crippen molar-refractivity contribution in [2.24, 2.45) is 0 Å². The Balaban J connectivity index is 2.29. The predicted octanol–water partition coefficient (Wildman–Crippen LogP) is 5.35. The number of methoxy groups -OCH3 is 2. The number of halogens is 2. The van der Waals surface area contributed by atoms with Crippen LogP contribution in [0.3, 0.4) is 0 Å². The number of hydrogen-bond acceptors (Lipinski definition) is 4. The Bertz CT molecular complexity index is 603. The lowest BCUT2D eigenvalue weighted by Gasteiger charge is -2.18. The maximum atomic E-state index is 6.17. The minimum Gasteiger partial charge on any atom is -0.495 e. The second kappa shape index (κ2) is 6.70. The third-order valence-electron chi connectivity index (χ3n) is 2.88. The lowest BCUT2D eigenvalue weighted by molar-refractivity contribution is 0.395. The number of thiophene rings is 1. The normalized spacial score (nSPS) is 12.1. The summed E-state index contributed by atoms with van der Waals surface area (Å²) in [5.74, 6) is 1.30. The molecule has 0 fully saturated rings. The van der Waals surface area contributed by atoms with E-state index in [1.54, 1.807) is 31.6 Å². The van der Waals surface area contributed by atoms with Crippen LogP contribution in [0, 0.1) is 0 Å². The van der Waals surface area contributed by atoms with Crippen molar-refractivity contribution < 1.29 is 9.47 Å². The van der Waals surface area contributed by atoms with Crippen LogP contribution in [0.4, 0.5) is 5.69 Å². The highest BCUT2D eigenvalue weighted by Gasteiger charge is 2.15. The minimum atomic E-state index is 0.141. The van der Waals surface area contributed by atoms with Crippen molar-refractivity contribution in [3.63, 3.8) is 0 Å². The smallest absolute Gasteiger partial charge is 0.145 e. The Morgan fingerprint density at radius 3 is 2.50 bits per heavy atom. The number of ether oxygens (including phenoxy) is 2. The Morgan fingerprint density at radius 1 is 1.25 bits per heavy atom. The van der Waals surface area contributed by atoms with Gasteiger partial charge in [-0.25, -0.2) is 0 Å². The molecule has 2 rings (SSSR count). The number of anilines is 1. The quantitative estimate of drug-likeness (QED) is 0.762. The topological polar surface area (TPSA) is 30.5 Å². The van der Waals surface area contributed by atoms with Gasteiger partial charge in [0.15, 0.2) is 0 Å². The Kier molecular flexibility index (Phi) is 5.18. The molecule has 0 spiro atoms. The predicted molar refractivity (Wildman–Crippen MR) is 88.6 cm³/mol. The van der Waals surface area contributed by atoms with Crippen LogP contribution < -0.4 is 14.8 Å². The second-order valence-electron chi connectivity index (χ2n) is 4.19. The average molecular weight is 377 g/mol. The third-order valence-corrected chi connectivity index (χ3v) is 5.23. The molecule has 0 aliphatic rings. The first-order valence-corrected chi connectivity index (χ1v) is 8.02. The fraction of sp³-hybridized carbons (Fsp3) is 0.286. The van der Waals surface area contributed by atoms with Crippen molar-refractivity contribution >= 4 is 44.6 Å². The van der Waals surface area contributed by atoms with Crippen LogP contribution in [0.2, 0.25) is 5.02 Å². The maximum absolute atomic E-state index is 6.17. The van der Waals surface area contributed by atoms with Gasteiger partial charge in [0.05, 0.1) is 31.0 Å². The van der Waals surface area contributed by atoms with Gasteiger partial charge in [-0.1, -0.05) is 11.6 Å². The van der Waals surface area contributed by atoms with Gasteiger partial charge in [0, 0.05) is 15.4 Å². The molecule has 1 atom stereocenters. The van der Waals surface area contributed by atoms with Crippen molar-refractivity contribution in [3.8, 4) is 11.5 Å². The van der Waals surface area contributed by atoms with E-state index in [-0.39, 0.29) is 6.04 Å². The van der Waals surface area contributed by atoms with E-state index in [0.717, 1.165) is 10.2 Å². The van der Waals surface area contributed by atoms with Crippen LogP contribution in [0.15, 0.2) is 28.1 Å². The monoisotopic (exact) mass is 375 g/mol. The van der Waals surface area contributed by atoms with Crippen molar-refractivity contribution in [2.45, 2.75) is 13.0 Å². The van der Waals surface area contributed by atoms with Crippen LogP contribution in [-0.2, 0) is 0 Å². The van der Waals surface area contributed by atoms with Gasteiger partial charge in [0.2, 0.25) is 0 Å². The molecule has 1 aromatic heterocycles. The van der Waals surface area contributed by atoms with Gasteiger partial charge in [-0.2, -0.15) is 0 Å². The maximum Gasteiger partial charge on any atom is 0.145 e. The summed E-state index contributed by atoms with van der Waals surface area (Å²) in [6.07, 6.45) is 0. The average Bonchev–Trinajstić information content (AvgIpc) is 2.85. The molecule has 3 nitrogen and oxygen atoms in total. The molecule has 108 valence electrons. The second-order valence-corrected chi connectivity index (χ2v) is 6.40. The van der Waals surface area contributed by atoms with Crippen LogP contribution in [0.1, 0.15) is 17.8 Å². The minimum absolute atomic E-state index is 0.141. The molecular formula is C14H15BrClNO2S. The van der Waals surface area contributed by atoms with Crippen molar-refractivity contribution in [1.29, 1.82) is 0 Å². The standard InChI is InChI=1S/C14H15BrClNO2S/c1-8(14-9(15)4-5-20-14)17-11-6-10(16)12(18-2)7-13(11)19-3/h4-8,17H,1-3H3. The summed E-state index contributed by atoms with van der Waals surface area (Å²) in [4.78, 5) is 1.22. The molecule has 1 N–H and O–H groups in total. The highest BCUT2D eigenvalue weighted by Crippen LogP contribution is 2.39. The SMILES string of the molecule is COc1cc(OC)c(NC(C)c2sccc2Br)cc1Cl. The zero-order valence-electron chi connectivity index (χ0n) is 11.4. The largest absolute Gasteiger partial charge is 0.495 e. The van der Waals surface area contributed by atoms with Crippen molar-refractivity contribution in [3.05, 3.63) is 38.0 Å². The summed E-state index contributed by atoms with van der Waals surface area (Å²) in [6, 6.07) is 5.77. The first-order valence-electron chi connectivity index (χ1n) is 5.97. The van der Waals surface area contributed by atoms with Crippen molar-refractivity contribution in [1.82, 2.24) is 0 Å². The molecule has 1 heterocycles. The molecule has 0 saturated carbocycles. The molecule has 20 heavy (non-hydrogen) atoms. The molecule has 6 heteroatoms. The molecule has 0 aliphatic carbocycles. The first-order chi connectivity index (χ1) is 9.56. The van der Waals surface area contributed by atoms with Gasteiger partial charge >= 0.3 is 0 Å².